The lowest BCUT2D eigenvalue weighted by atomic mass is 9.98. The molecule has 8 aliphatic rings. The van der Waals surface area contributed by atoms with Crippen LogP contribution in [-0.2, 0) is 110 Å². The van der Waals surface area contributed by atoms with Gasteiger partial charge in [0.15, 0.2) is 47.8 Å². The van der Waals surface area contributed by atoms with E-state index in [0.29, 0.717) is 56.4 Å². The molecule has 0 spiro atoms. The molecule has 3 aromatic heterocycles. The zero-order valence-electron chi connectivity index (χ0n) is 41.2. The van der Waals surface area contributed by atoms with Gasteiger partial charge in [-0.1, -0.05) is 15.6 Å². The highest BCUT2D eigenvalue weighted by atomic mass is 16.9. The van der Waals surface area contributed by atoms with E-state index >= 15 is 0 Å². The second kappa shape index (κ2) is 17.5. The van der Waals surface area contributed by atoms with Crippen LogP contribution in [0.15, 0.2) is 18.6 Å². The monoisotopic (exact) mass is 974 g/mol. The van der Waals surface area contributed by atoms with Crippen molar-refractivity contribution in [2.24, 2.45) is 0 Å². The molecule has 11 heterocycles. The molecule has 25 heteroatoms. The van der Waals surface area contributed by atoms with Crippen molar-refractivity contribution in [2.75, 3.05) is 14.2 Å². The van der Waals surface area contributed by atoms with E-state index in [4.69, 9.17) is 71.1 Å². The molecule has 69 heavy (non-hydrogen) atoms. The lowest BCUT2D eigenvalue weighted by Gasteiger charge is -2.41. The Hall–Kier alpha value is -3.22. The summed E-state index contributed by atoms with van der Waals surface area (Å²) in [5.41, 5.74) is 2.09. The van der Waals surface area contributed by atoms with E-state index < -0.39 is 121 Å². The zero-order valence-corrected chi connectivity index (χ0v) is 41.2. The number of aromatic nitrogens is 9. The lowest BCUT2D eigenvalue weighted by molar-refractivity contribution is -0.262. The molecule has 382 valence electrons. The van der Waals surface area contributed by atoms with Crippen LogP contribution in [0.4, 0.5) is 0 Å². The summed E-state index contributed by atoms with van der Waals surface area (Å²) in [6.07, 6.45) is -1.45. The van der Waals surface area contributed by atoms with E-state index in [9.17, 15) is 0 Å². The second-order valence-corrected chi connectivity index (χ2v) is 21.4. The molecule has 0 radical (unpaired) electrons. The number of nitrogens with zero attached hydrogens (tertiary/aromatic N) is 10. The molecule has 0 amide bonds. The molecule has 0 bridgehead atoms. The molecule has 0 aromatic carbocycles. The maximum Gasteiger partial charge on any atom is 0.190 e. The highest BCUT2D eigenvalue weighted by Gasteiger charge is 2.62. The van der Waals surface area contributed by atoms with Crippen LogP contribution in [-0.4, -0.2) is 185 Å². The Balaban J connectivity index is 0.807. The quantitative estimate of drug-likeness (QED) is 0.222. The Bertz CT molecular complexity index is 2200. The standard InChI is InChI=1S/C44H66N10O15/c1-40(2)60-29-26(58-38-35(32(29)62-40)65-43(7,8)68-38)20-53-17-23(46-49-53)14-51(13-22-16-52(48-45-22)19-25-28(55-11)31(56-12)34-37(57-25)67-42(5,6)64-34)15-24-18-54(50-47-24)21-27-30-33(63-41(3,4)61-30)36-39(59-27)69-44(9,10)66-36/h16-18,25-39H,13-15,19-21H2,1-12H3/t25?,26?,27?,28-,29-,30-,31?,32?,33?,34?,35?,36?,37+,38+,39+/m0/s1. The number of hydrogen-bond donors (Lipinski definition) is 0. The average molecular weight is 975 g/mol. The summed E-state index contributed by atoms with van der Waals surface area (Å²) in [4.78, 5) is 2.14. The van der Waals surface area contributed by atoms with Gasteiger partial charge in [-0.2, -0.15) is 0 Å². The molecular formula is C44H66N10O15. The van der Waals surface area contributed by atoms with Gasteiger partial charge in [0, 0.05) is 52.4 Å². The van der Waals surface area contributed by atoms with Gasteiger partial charge in [0.1, 0.15) is 73.2 Å². The number of fused-ring (bicyclic) bond motifs is 7. The molecule has 8 fully saturated rings. The smallest absolute Gasteiger partial charge is 0.190 e. The molecule has 0 aliphatic carbocycles. The fourth-order valence-electron chi connectivity index (χ4n) is 11.0. The Morgan fingerprint density at radius 1 is 0.420 bits per heavy atom. The average Bonchev–Trinajstić information content (AvgIpc) is 4.13. The Labute approximate surface area is 399 Å². The summed E-state index contributed by atoms with van der Waals surface area (Å²) >= 11 is 0. The molecule has 15 atom stereocenters. The summed E-state index contributed by atoms with van der Waals surface area (Å²) in [7, 11) is 3.26. The number of hydrogen-bond acceptors (Lipinski definition) is 22. The van der Waals surface area contributed by atoms with E-state index in [-0.39, 0.29) is 0 Å². The minimum Gasteiger partial charge on any atom is -0.376 e. The fraction of sp³-hybridized carbons (Fsp3) is 0.864. The van der Waals surface area contributed by atoms with E-state index in [2.05, 4.69) is 35.8 Å². The summed E-state index contributed by atoms with van der Waals surface area (Å²) in [6.45, 7) is 20.8. The van der Waals surface area contributed by atoms with Crippen molar-refractivity contribution in [1.29, 1.82) is 0 Å². The van der Waals surface area contributed by atoms with Crippen molar-refractivity contribution in [1.82, 2.24) is 49.9 Å². The molecule has 0 saturated carbocycles. The molecule has 25 nitrogen and oxygen atoms in total. The van der Waals surface area contributed by atoms with Crippen molar-refractivity contribution in [2.45, 2.75) is 230 Å². The van der Waals surface area contributed by atoms with Crippen LogP contribution in [0, 0.1) is 0 Å². The normalized spacial score (nSPS) is 39.9. The SMILES string of the molecule is COC1C2OC(C)(C)O[C@H]2OC(Cn2cc(CN(Cc3cn(CC4O[C@@H]5OC(C)(C)OC5C5OC(C)(C)O[C@@H]45)nn3)Cc3cn(CC4O[C@@H]5OC(C)(C)OC5C5OC(C)(C)O[C@@H]45)nn3)nn2)[C@@H]1OC. The minimum atomic E-state index is -0.839. The van der Waals surface area contributed by atoms with Crippen molar-refractivity contribution in [3.8, 4) is 0 Å². The third kappa shape index (κ3) is 9.76. The van der Waals surface area contributed by atoms with Crippen LogP contribution < -0.4 is 0 Å². The van der Waals surface area contributed by atoms with Gasteiger partial charge in [-0.25, -0.2) is 14.0 Å². The van der Waals surface area contributed by atoms with Gasteiger partial charge in [-0.05, 0) is 69.2 Å². The van der Waals surface area contributed by atoms with Crippen LogP contribution >= 0.6 is 0 Å². The van der Waals surface area contributed by atoms with Crippen LogP contribution in [0.2, 0.25) is 0 Å². The van der Waals surface area contributed by atoms with Crippen LogP contribution in [0.1, 0.15) is 86.3 Å². The first-order chi connectivity index (χ1) is 32.6. The van der Waals surface area contributed by atoms with Crippen LogP contribution in [0.25, 0.3) is 0 Å². The summed E-state index contributed by atoms with van der Waals surface area (Å²) in [5.74, 6) is -4.17. The predicted octanol–water partition coefficient (Wildman–Crippen LogP) is 1.36. The summed E-state index contributed by atoms with van der Waals surface area (Å²) in [5, 5.41) is 27.3. The van der Waals surface area contributed by atoms with E-state index in [1.54, 1.807) is 28.3 Å². The van der Waals surface area contributed by atoms with Gasteiger partial charge < -0.3 is 71.1 Å². The summed E-state index contributed by atoms with van der Waals surface area (Å²) < 4.78 is 98.8. The van der Waals surface area contributed by atoms with Crippen molar-refractivity contribution in [3.63, 3.8) is 0 Å². The van der Waals surface area contributed by atoms with Crippen molar-refractivity contribution < 1.29 is 71.1 Å². The maximum absolute atomic E-state index is 6.48. The number of methoxy groups -OCH3 is 2. The highest BCUT2D eigenvalue weighted by Crippen LogP contribution is 2.46. The lowest BCUT2D eigenvalue weighted by Crippen LogP contribution is -2.58. The first kappa shape index (κ1) is 48.1. The first-order valence-electron chi connectivity index (χ1n) is 23.8. The minimum absolute atomic E-state index is 0.321. The molecule has 3 aromatic rings. The van der Waals surface area contributed by atoms with E-state index in [0.717, 1.165) is 0 Å². The number of ether oxygens (including phenoxy) is 15. The topological polar surface area (TPSA) is 234 Å². The number of rotatable bonds is 14. The Morgan fingerprint density at radius 2 is 0.739 bits per heavy atom. The molecule has 8 saturated heterocycles. The zero-order chi connectivity index (χ0) is 48.4. The van der Waals surface area contributed by atoms with Crippen molar-refractivity contribution >= 4 is 0 Å². The first-order valence-corrected chi connectivity index (χ1v) is 23.8. The van der Waals surface area contributed by atoms with Gasteiger partial charge in [0.2, 0.25) is 0 Å². The Kier molecular flexibility index (Phi) is 12.2. The van der Waals surface area contributed by atoms with Gasteiger partial charge in [-0.15, -0.1) is 15.3 Å². The third-order valence-corrected chi connectivity index (χ3v) is 13.5. The maximum atomic E-state index is 6.48. The predicted molar refractivity (Wildman–Crippen MR) is 228 cm³/mol. The third-order valence-electron chi connectivity index (χ3n) is 13.5. The molecule has 0 N–H and O–H groups in total. The van der Waals surface area contributed by atoms with Gasteiger partial charge >= 0.3 is 0 Å². The van der Waals surface area contributed by atoms with Gasteiger partial charge in [-0.3, -0.25) is 4.90 Å². The van der Waals surface area contributed by atoms with Crippen LogP contribution in [0.5, 0.6) is 0 Å². The molecule has 8 aliphatic heterocycles. The highest BCUT2D eigenvalue weighted by molar-refractivity contribution is 5.05. The van der Waals surface area contributed by atoms with Gasteiger partial charge in [0.05, 0.1) is 36.7 Å². The summed E-state index contributed by atoms with van der Waals surface area (Å²) in [6, 6.07) is 0. The van der Waals surface area contributed by atoms with Gasteiger partial charge in [0.25, 0.3) is 0 Å². The van der Waals surface area contributed by atoms with Crippen molar-refractivity contribution in [3.05, 3.63) is 35.7 Å². The van der Waals surface area contributed by atoms with E-state index in [1.165, 1.54) is 0 Å². The molecule has 9 unspecified atom stereocenters. The molecular weight excluding hydrogens is 909 g/mol. The second-order valence-electron chi connectivity index (χ2n) is 21.4. The fourth-order valence-corrected chi connectivity index (χ4v) is 11.0. The Morgan fingerprint density at radius 3 is 1.14 bits per heavy atom. The molecule has 11 rings (SSSR count). The van der Waals surface area contributed by atoms with E-state index in [1.807, 2.05) is 87.8 Å². The van der Waals surface area contributed by atoms with Crippen LogP contribution in [0.3, 0.4) is 0 Å². The largest absolute Gasteiger partial charge is 0.376 e.